The van der Waals surface area contributed by atoms with Gasteiger partial charge in [-0.2, -0.15) is 11.8 Å². The molecule has 2 saturated carbocycles. The summed E-state index contributed by atoms with van der Waals surface area (Å²) in [5.41, 5.74) is 17.4. The lowest BCUT2D eigenvalue weighted by atomic mass is 10.0. The van der Waals surface area contributed by atoms with Crippen LogP contribution in [-0.2, 0) is 65.0 Å². The van der Waals surface area contributed by atoms with Gasteiger partial charge in [0.1, 0.15) is 6.23 Å². The van der Waals surface area contributed by atoms with Crippen LogP contribution in [0.2, 0.25) is 0 Å². The van der Waals surface area contributed by atoms with E-state index in [2.05, 4.69) is 26.3 Å². The molecule has 2 aliphatic carbocycles. The predicted molar refractivity (Wildman–Crippen MR) is 361 cm³/mol. The molecule has 8 amide bonds. The van der Waals surface area contributed by atoms with Crippen LogP contribution in [0.1, 0.15) is 102 Å². The van der Waals surface area contributed by atoms with Gasteiger partial charge in [0.05, 0.1) is 44.7 Å². The van der Waals surface area contributed by atoms with Gasteiger partial charge >= 0.3 is 0 Å². The fourth-order valence-electron chi connectivity index (χ4n) is 12.2. The van der Waals surface area contributed by atoms with E-state index in [9.17, 15) is 43.5 Å². The Morgan fingerprint density at radius 3 is 1.77 bits per heavy atom. The summed E-state index contributed by atoms with van der Waals surface area (Å²) < 4.78 is 0. The molecule has 5 atom stereocenters. The van der Waals surface area contributed by atoms with Crippen LogP contribution < -0.4 is 32.7 Å². The number of unbranched alkanes of at least 4 members (excludes halogenated alkanes) is 1. The van der Waals surface area contributed by atoms with Gasteiger partial charge in [-0.15, -0.1) is 0 Å². The SMILES string of the molecule is NCCCC[C@H]1CN(C(=O)Cc2ccccc2)CC(=O)N[C@@H](Cc2ccccc2)CN(CC(N)=O)C(=O)CCSCc2ccc(cc2)C(=O)N[C@@H](Cc2ccccc2)CN(C(O)CC2CC2)CC(=O)N[C@@H](Cc2c[nH]c3ccccc23)CN(C(=O)CC2CC2)CC(=O)N1. The molecule has 2 aliphatic heterocycles. The first-order valence-corrected chi connectivity index (χ1v) is 34.0. The molecule has 494 valence electrons. The van der Waals surface area contributed by atoms with E-state index in [0.29, 0.717) is 61.3 Å². The van der Waals surface area contributed by atoms with Gasteiger partial charge in [0.15, 0.2) is 0 Å². The average Bonchev–Trinajstić information content (AvgIpc) is 1.88. The zero-order valence-electron chi connectivity index (χ0n) is 53.1. The maximum atomic E-state index is 14.9. The maximum Gasteiger partial charge on any atom is 0.251 e. The number of nitrogens with two attached hydrogens (primary N) is 2. The third kappa shape index (κ3) is 23.0. The number of fused-ring (bicyclic) bond motifs is 30. The van der Waals surface area contributed by atoms with Crippen molar-refractivity contribution in [3.63, 3.8) is 0 Å². The zero-order valence-corrected chi connectivity index (χ0v) is 54.0. The second-order valence-corrected chi connectivity index (χ2v) is 26.5. The van der Waals surface area contributed by atoms with Gasteiger partial charge in [0, 0.05) is 85.3 Å². The number of hydrogen-bond acceptors (Lipinski definition) is 12. The van der Waals surface area contributed by atoms with Crippen molar-refractivity contribution in [2.24, 2.45) is 23.3 Å². The van der Waals surface area contributed by atoms with Crippen molar-refractivity contribution >= 4 is 69.9 Å². The lowest BCUT2D eigenvalue weighted by Gasteiger charge is -2.33. The molecule has 1 aromatic heterocycles. The topological polar surface area (TPSA) is 286 Å². The Labute approximate surface area is 549 Å². The molecule has 93 heavy (non-hydrogen) atoms. The minimum atomic E-state index is -1.03. The van der Waals surface area contributed by atoms with Crippen molar-refractivity contribution in [1.82, 2.24) is 45.9 Å². The van der Waals surface area contributed by atoms with Gasteiger partial charge in [0.2, 0.25) is 41.4 Å². The summed E-state index contributed by atoms with van der Waals surface area (Å²) in [6.45, 7) is -1.15. The number of thioether (sulfide) groups is 1. The first kappa shape index (κ1) is 69.0. The number of aliphatic hydroxyl groups is 1. The van der Waals surface area contributed by atoms with Crippen molar-refractivity contribution in [3.05, 3.63) is 179 Å². The molecule has 6 aromatic rings. The van der Waals surface area contributed by atoms with Crippen LogP contribution in [0.3, 0.4) is 0 Å². The van der Waals surface area contributed by atoms with Crippen LogP contribution in [0.4, 0.5) is 0 Å². The lowest BCUT2D eigenvalue weighted by molar-refractivity contribution is -0.138. The second kappa shape index (κ2) is 35.1. The van der Waals surface area contributed by atoms with Crippen LogP contribution >= 0.6 is 11.8 Å². The lowest BCUT2D eigenvalue weighted by Crippen LogP contribution is -2.55. The quantitative estimate of drug-likeness (QED) is 0.0361. The van der Waals surface area contributed by atoms with Crippen molar-refractivity contribution in [3.8, 4) is 0 Å². The standard InChI is InChI=1S/C72H91N11O9S/c73-32-13-12-20-58-41-81(69(89)36-52-18-8-3-9-19-52)47-66(86)77-59(34-50-14-4-1-5-15-50)42-80(45-64(74)84)68(88)31-33-93-49-55-27-29-56(30-28-55)72(92)79-60(35-51-16-6-2-7-17-51)43-82(70(90)37-53-23-24-53)48-67(87)78-61(39-57-40-75-63-22-11-10-21-62(57)63)44-83(46-65(85)76-58)71(91)38-54-25-26-54/h1-11,14-19,21-22,27-30,40,53-54,58-61,70,75,90H,12-13,20,23-26,31-39,41-49,73H2,(H2,74,84)(H,76,85)(H,77,86)(H,78,87)(H,79,92)/t58-,59-,60-,61-,70?/m0/s1. The first-order chi connectivity index (χ1) is 45.1. The highest BCUT2D eigenvalue weighted by atomic mass is 32.2. The number of benzene rings is 5. The molecule has 5 aromatic carbocycles. The third-order valence-electron chi connectivity index (χ3n) is 17.4. The molecule has 21 heteroatoms. The minimum absolute atomic E-state index is 0.0503. The number of aromatic nitrogens is 1. The summed E-state index contributed by atoms with van der Waals surface area (Å²) >= 11 is 1.51. The van der Waals surface area contributed by atoms with Crippen LogP contribution in [0.5, 0.6) is 0 Å². The Morgan fingerprint density at radius 2 is 1.15 bits per heavy atom. The zero-order chi connectivity index (χ0) is 65.5. The average molecular weight is 1290 g/mol. The Bertz CT molecular complexity index is 3420. The largest absolute Gasteiger partial charge is 0.378 e. The number of aliphatic hydroxyl groups excluding tert-OH is 1. The van der Waals surface area contributed by atoms with Gasteiger partial charge in [-0.3, -0.25) is 43.3 Å². The number of carbonyl (C=O) groups excluding carboxylic acids is 8. The number of aromatic amines is 1. The van der Waals surface area contributed by atoms with Crippen molar-refractivity contribution < 1.29 is 43.5 Å². The number of amides is 8. The summed E-state index contributed by atoms with van der Waals surface area (Å²) in [4.78, 5) is 124. The fourth-order valence-corrected chi connectivity index (χ4v) is 13.1. The van der Waals surface area contributed by atoms with E-state index in [1.807, 2.05) is 134 Å². The molecule has 0 radical (unpaired) electrons. The molecular weight excluding hydrogens is 1190 g/mol. The van der Waals surface area contributed by atoms with Crippen LogP contribution in [-0.4, -0.2) is 172 Å². The molecule has 3 heterocycles. The predicted octanol–water partition coefficient (Wildman–Crippen LogP) is 5.65. The fraction of sp³-hybridized carbons (Fsp3) is 0.444. The molecule has 0 spiro atoms. The molecular formula is C72H91N11O9S. The van der Waals surface area contributed by atoms with E-state index < -0.39 is 67.1 Å². The number of hydrogen-bond donors (Lipinski definition) is 8. The molecule has 2 bridgehead atoms. The first-order valence-electron chi connectivity index (χ1n) is 32.9. The summed E-state index contributed by atoms with van der Waals surface area (Å²) in [6.07, 6.45) is 7.65. The minimum Gasteiger partial charge on any atom is -0.378 e. The normalized spacial score (nSPS) is 20.6. The maximum absolute atomic E-state index is 14.9. The van der Waals surface area contributed by atoms with Gasteiger partial charge in [-0.25, -0.2) is 0 Å². The highest BCUT2D eigenvalue weighted by molar-refractivity contribution is 7.98. The van der Waals surface area contributed by atoms with Gasteiger partial charge in [0.25, 0.3) is 5.91 Å². The van der Waals surface area contributed by atoms with Gasteiger partial charge in [-0.1, -0.05) is 141 Å². The molecule has 10 N–H and O–H groups in total. The highest BCUT2D eigenvalue weighted by Crippen LogP contribution is 2.35. The number of rotatable bonds is 19. The van der Waals surface area contributed by atoms with Gasteiger partial charge in [-0.05, 0) is 116 Å². The van der Waals surface area contributed by atoms with Crippen LogP contribution in [0.25, 0.3) is 10.9 Å². The Balaban J connectivity index is 1.05. The van der Waals surface area contributed by atoms with Crippen molar-refractivity contribution in [2.45, 2.75) is 126 Å². The van der Waals surface area contributed by atoms with Crippen LogP contribution in [0.15, 0.2) is 146 Å². The molecule has 10 rings (SSSR count). The molecule has 0 saturated heterocycles. The third-order valence-corrected chi connectivity index (χ3v) is 18.4. The van der Waals surface area contributed by atoms with E-state index >= 15 is 0 Å². The second-order valence-electron chi connectivity index (χ2n) is 25.4. The Hall–Kier alpha value is -8.37. The number of carbonyl (C=O) groups is 8. The van der Waals surface area contributed by atoms with E-state index in [-0.39, 0.29) is 107 Å². The monoisotopic (exact) mass is 1290 g/mol. The number of nitrogens with zero attached hydrogens (tertiary/aromatic N) is 4. The Kier molecular flexibility index (Phi) is 26.0. The van der Waals surface area contributed by atoms with E-state index in [0.717, 1.165) is 58.8 Å². The van der Waals surface area contributed by atoms with Crippen molar-refractivity contribution in [1.29, 1.82) is 0 Å². The summed E-state index contributed by atoms with van der Waals surface area (Å²) in [5, 5.41) is 25.7. The highest BCUT2D eigenvalue weighted by Gasteiger charge is 2.34. The molecule has 1 unspecified atom stereocenters. The Morgan fingerprint density at radius 1 is 0.591 bits per heavy atom. The molecule has 20 nitrogen and oxygen atoms in total. The van der Waals surface area contributed by atoms with E-state index in [1.165, 1.54) is 26.5 Å². The smallest absolute Gasteiger partial charge is 0.251 e. The van der Waals surface area contributed by atoms with Gasteiger partial charge < -0.3 is 57.5 Å². The molecule has 4 aliphatic rings. The number of para-hydroxylation sites is 1. The van der Waals surface area contributed by atoms with E-state index in [1.54, 1.807) is 17.0 Å². The number of primary amides is 1. The summed E-state index contributed by atoms with van der Waals surface area (Å²) in [6, 6.07) is 40.6. The number of nitrogens with one attached hydrogen (secondary N) is 5. The molecule has 2 fully saturated rings. The summed E-state index contributed by atoms with van der Waals surface area (Å²) in [7, 11) is 0. The summed E-state index contributed by atoms with van der Waals surface area (Å²) in [5.74, 6) is -2.15. The van der Waals surface area contributed by atoms with Crippen LogP contribution in [0, 0.1) is 11.8 Å². The van der Waals surface area contributed by atoms with E-state index in [4.69, 9.17) is 11.5 Å². The number of H-pyrrole nitrogens is 1. The van der Waals surface area contributed by atoms with Crippen molar-refractivity contribution in [2.75, 3.05) is 64.7 Å².